The van der Waals surface area contributed by atoms with Crippen molar-refractivity contribution >= 4 is 5.97 Å². The topological polar surface area (TPSA) is 70.3 Å². The van der Waals surface area contributed by atoms with Crippen LogP contribution in [0.15, 0.2) is 54.6 Å². The number of carbonyl (C=O) groups is 1. The van der Waals surface area contributed by atoms with Crippen molar-refractivity contribution in [1.29, 1.82) is 5.26 Å². The third-order valence-corrected chi connectivity index (χ3v) is 4.07. The van der Waals surface area contributed by atoms with Crippen LogP contribution in [0.5, 0.6) is 11.5 Å². The number of hydrogen-bond acceptors (Lipinski definition) is 3. The molecule has 0 amide bonds. The summed E-state index contributed by atoms with van der Waals surface area (Å²) in [5.41, 5.74) is -0.240. The second-order valence-corrected chi connectivity index (χ2v) is 5.51. The third kappa shape index (κ3) is 2.53. The smallest absolute Gasteiger partial charge is 0.311 e. The number of hydrogen-bond donors (Lipinski definition) is 1. The van der Waals surface area contributed by atoms with E-state index in [-0.39, 0.29) is 0 Å². The fourth-order valence-electron chi connectivity index (χ4n) is 2.66. The first-order chi connectivity index (χ1) is 10.7. The van der Waals surface area contributed by atoms with E-state index in [0.29, 0.717) is 29.9 Å². The maximum atomic E-state index is 11.5. The average Bonchev–Trinajstić information content (AvgIpc) is 3.31. The lowest BCUT2D eigenvalue weighted by atomic mass is 9.84. The van der Waals surface area contributed by atoms with E-state index >= 15 is 0 Å². The number of rotatable bonds is 5. The quantitative estimate of drug-likeness (QED) is 0.906. The standard InChI is InChI=1S/C18H15NO3/c19-12-16(18(9-10-18)17(20)21)13-5-4-8-15(11-13)22-14-6-2-1-3-7-14/h1-8,11,16H,9-10H2,(H,20,21). The lowest BCUT2D eigenvalue weighted by Crippen LogP contribution is -2.22. The molecule has 3 rings (SSSR count). The molecule has 0 saturated heterocycles. The largest absolute Gasteiger partial charge is 0.481 e. The molecule has 0 radical (unpaired) electrons. The molecule has 2 aromatic carbocycles. The number of aliphatic carboxylic acids is 1. The summed E-state index contributed by atoms with van der Waals surface area (Å²) in [7, 11) is 0. The molecule has 0 aliphatic heterocycles. The fraction of sp³-hybridized carbons (Fsp3) is 0.222. The van der Waals surface area contributed by atoms with Gasteiger partial charge in [0.25, 0.3) is 0 Å². The summed E-state index contributed by atoms with van der Waals surface area (Å²) in [5, 5.41) is 18.8. The Morgan fingerprint density at radius 3 is 2.41 bits per heavy atom. The normalized spacial score (nSPS) is 16.3. The van der Waals surface area contributed by atoms with Gasteiger partial charge in [-0.25, -0.2) is 0 Å². The zero-order chi connectivity index (χ0) is 15.6. The first-order valence-electron chi connectivity index (χ1n) is 7.11. The van der Waals surface area contributed by atoms with Gasteiger partial charge in [-0.05, 0) is 42.7 Å². The van der Waals surface area contributed by atoms with Gasteiger partial charge in [0.1, 0.15) is 11.5 Å². The lowest BCUT2D eigenvalue weighted by Gasteiger charge is -2.17. The molecular weight excluding hydrogens is 278 g/mol. The van der Waals surface area contributed by atoms with Crippen molar-refractivity contribution in [2.45, 2.75) is 18.8 Å². The highest BCUT2D eigenvalue weighted by molar-refractivity contribution is 5.80. The minimum absolute atomic E-state index is 0.546. The number of nitriles is 1. The predicted octanol–water partition coefficient (Wildman–Crippen LogP) is 3.95. The van der Waals surface area contributed by atoms with Gasteiger partial charge in [-0.15, -0.1) is 0 Å². The van der Waals surface area contributed by atoms with Gasteiger partial charge in [0.05, 0.1) is 17.4 Å². The van der Waals surface area contributed by atoms with Gasteiger partial charge >= 0.3 is 5.97 Å². The van der Waals surface area contributed by atoms with Gasteiger partial charge in [-0.3, -0.25) is 4.79 Å². The molecular formula is C18H15NO3. The van der Waals surface area contributed by atoms with E-state index in [1.54, 1.807) is 24.3 Å². The first-order valence-corrected chi connectivity index (χ1v) is 7.11. The second kappa shape index (κ2) is 5.53. The van der Waals surface area contributed by atoms with Gasteiger partial charge in [-0.2, -0.15) is 5.26 Å². The molecule has 1 saturated carbocycles. The van der Waals surface area contributed by atoms with E-state index in [4.69, 9.17) is 4.74 Å². The molecule has 1 unspecified atom stereocenters. The summed E-state index contributed by atoms with van der Waals surface area (Å²) in [6.07, 6.45) is 1.09. The van der Waals surface area contributed by atoms with Gasteiger partial charge in [-0.1, -0.05) is 30.3 Å². The van der Waals surface area contributed by atoms with E-state index in [1.165, 1.54) is 0 Å². The first kappa shape index (κ1) is 14.2. The van der Waals surface area contributed by atoms with Crippen LogP contribution in [-0.4, -0.2) is 11.1 Å². The van der Waals surface area contributed by atoms with Crippen LogP contribution in [0, 0.1) is 16.7 Å². The molecule has 4 nitrogen and oxygen atoms in total. The minimum Gasteiger partial charge on any atom is -0.481 e. The van der Waals surface area contributed by atoms with Crippen LogP contribution in [0.2, 0.25) is 0 Å². The molecule has 2 aromatic rings. The van der Waals surface area contributed by atoms with Crippen LogP contribution in [0.25, 0.3) is 0 Å². The minimum atomic E-state index is -0.930. The zero-order valence-corrected chi connectivity index (χ0v) is 11.9. The molecule has 110 valence electrons. The van der Waals surface area contributed by atoms with E-state index in [1.807, 2.05) is 30.3 Å². The molecule has 0 spiro atoms. The van der Waals surface area contributed by atoms with E-state index in [2.05, 4.69) is 6.07 Å². The maximum absolute atomic E-state index is 11.5. The Kier molecular flexibility index (Phi) is 3.56. The van der Waals surface area contributed by atoms with Crippen molar-refractivity contribution in [3.8, 4) is 17.6 Å². The van der Waals surface area contributed by atoms with Crippen LogP contribution in [0.3, 0.4) is 0 Å². The fourth-order valence-corrected chi connectivity index (χ4v) is 2.66. The molecule has 0 aromatic heterocycles. The number of carboxylic acids is 1. The highest BCUT2D eigenvalue weighted by Crippen LogP contribution is 2.56. The summed E-state index contributed by atoms with van der Waals surface area (Å²) in [6, 6.07) is 18.6. The number of nitrogens with zero attached hydrogens (tertiary/aromatic N) is 1. The molecule has 0 bridgehead atoms. The van der Waals surface area contributed by atoms with Crippen LogP contribution < -0.4 is 4.74 Å². The third-order valence-electron chi connectivity index (χ3n) is 4.07. The Labute approximate surface area is 128 Å². The van der Waals surface area contributed by atoms with E-state index in [0.717, 1.165) is 0 Å². The SMILES string of the molecule is N#CC(c1cccc(Oc2ccccc2)c1)C1(C(=O)O)CC1. The van der Waals surface area contributed by atoms with Crippen LogP contribution in [0.1, 0.15) is 24.3 Å². The van der Waals surface area contributed by atoms with Gasteiger partial charge in [0, 0.05) is 0 Å². The van der Waals surface area contributed by atoms with Crippen molar-refractivity contribution in [3.05, 3.63) is 60.2 Å². The monoisotopic (exact) mass is 293 g/mol. The predicted molar refractivity (Wildman–Crippen MR) is 80.6 cm³/mol. The van der Waals surface area contributed by atoms with Gasteiger partial charge < -0.3 is 9.84 Å². The van der Waals surface area contributed by atoms with Gasteiger partial charge in [0.15, 0.2) is 0 Å². The van der Waals surface area contributed by atoms with Crippen LogP contribution in [-0.2, 0) is 4.79 Å². The molecule has 0 heterocycles. The van der Waals surface area contributed by atoms with E-state index in [9.17, 15) is 15.2 Å². The Balaban J connectivity index is 1.88. The average molecular weight is 293 g/mol. The van der Waals surface area contributed by atoms with E-state index < -0.39 is 17.3 Å². The number of carboxylic acid groups (broad SMARTS) is 1. The van der Waals surface area contributed by atoms with Gasteiger partial charge in [0.2, 0.25) is 0 Å². The summed E-state index contributed by atoms with van der Waals surface area (Å²) < 4.78 is 5.75. The Morgan fingerprint density at radius 1 is 1.14 bits per heavy atom. The van der Waals surface area contributed by atoms with Crippen LogP contribution >= 0.6 is 0 Å². The molecule has 1 N–H and O–H groups in total. The molecule has 22 heavy (non-hydrogen) atoms. The second-order valence-electron chi connectivity index (χ2n) is 5.51. The summed E-state index contributed by atoms with van der Waals surface area (Å²) in [5.74, 6) is -0.240. The summed E-state index contributed by atoms with van der Waals surface area (Å²) in [4.78, 5) is 11.5. The molecule has 1 atom stereocenters. The maximum Gasteiger partial charge on any atom is 0.311 e. The highest BCUT2D eigenvalue weighted by atomic mass is 16.5. The van der Waals surface area contributed by atoms with Crippen molar-refractivity contribution < 1.29 is 14.6 Å². The molecule has 1 aliphatic carbocycles. The van der Waals surface area contributed by atoms with Crippen molar-refractivity contribution in [2.75, 3.05) is 0 Å². The number of benzene rings is 2. The number of para-hydroxylation sites is 1. The highest BCUT2D eigenvalue weighted by Gasteiger charge is 2.57. The molecule has 1 fully saturated rings. The Morgan fingerprint density at radius 2 is 1.82 bits per heavy atom. The van der Waals surface area contributed by atoms with Crippen molar-refractivity contribution in [3.63, 3.8) is 0 Å². The lowest BCUT2D eigenvalue weighted by molar-refractivity contribution is -0.143. The Hall–Kier alpha value is -2.80. The summed E-state index contributed by atoms with van der Waals surface area (Å²) >= 11 is 0. The van der Waals surface area contributed by atoms with Crippen LogP contribution in [0.4, 0.5) is 0 Å². The zero-order valence-electron chi connectivity index (χ0n) is 11.9. The Bertz CT molecular complexity index is 729. The molecule has 4 heteroatoms. The van der Waals surface area contributed by atoms with Crippen molar-refractivity contribution in [1.82, 2.24) is 0 Å². The number of ether oxygens (including phenoxy) is 1. The van der Waals surface area contributed by atoms with Crippen molar-refractivity contribution in [2.24, 2.45) is 5.41 Å². The summed E-state index contributed by atoms with van der Waals surface area (Å²) in [6.45, 7) is 0. The molecule has 1 aliphatic rings.